The van der Waals surface area contributed by atoms with E-state index >= 15 is 0 Å². The van der Waals surface area contributed by atoms with Gasteiger partial charge in [0, 0.05) is 23.3 Å². The fourth-order valence-electron chi connectivity index (χ4n) is 5.03. The number of hydrogen-bond donors (Lipinski definition) is 0. The summed E-state index contributed by atoms with van der Waals surface area (Å²) >= 11 is 1.72. The van der Waals surface area contributed by atoms with E-state index in [0.717, 1.165) is 24.8 Å². The number of carbonyl (C=O) groups excluding carboxylic acids is 1. The molecule has 1 aromatic carbocycles. The van der Waals surface area contributed by atoms with Gasteiger partial charge in [-0.25, -0.2) is 4.98 Å². The summed E-state index contributed by atoms with van der Waals surface area (Å²) in [6.45, 7) is 8.82. The maximum atomic E-state index is 13.4. The molecule has 0 saturated carbocycles. The van der Waals surface area contributed by atoms with Crippen molar-refractivity contribution in [3.05, 3.63) is 62.6 Å². The van der Waals surface area contributed by atoms with Gasteiger partial charge in [0.15, 0.2) is 5.78 Å². The van der Waals surface area contributed by atoms with Gasteiger partial charge < -0.3 is 0 Å². The molecule has 130 valence electrons. The Morgan fingerprint density at radius 3 is 2.68 bits per heavy atom. The van der Waals surface area contributed by atoms with E-state index in [1.165, 1.54) is 27.3 Å². The van der Waals surface area contributed by atoms with Crippen LogP contribution in [-0.2, 0) is 16.6 Å². The average Bonchev–Trinajstić information content (AvgIpc) is 3.01. The minimum atomic E-state index is -0.316. The monoisotopic (exact) mass is 351 g/mol. The molecule has 0 spiro atoms. The van der Waals surface area contributed by atoms with Gasteiger partial charge >= 0.3 is 0 Å². The van der Waals surface area contributed by atoms with Crippen LogP contribution in [-0.4, -0.2) is 10.8 Å². The zero-order chi connectivity index (χ0) is 17.8. The SMILES string of the molecule is CCC1(c2ccccc2C)C2=C(Cc3ncsc31)CC(C)(C)CC2=O. The third-order valence-electron chi connectivity index (χ3n) is 5.94. The topological polar surface area (TPSA) is 30.0 Å². The van der Waals surface area contributed by atoms with Crippen molar-refractivity contribution in [3.8, 4) is 0 Å². The molecule has 2 aliphatic rings. The van der Waals surface area contributed by atoms with E-state index in [1.54, 1.807) is 11.3 Å². The van der Waals surface area contributed by atoms with Crippen LogP contribution in [0.1, 0.15) is 61.7 Å². The van der Waals surface area contributed by atoms with Crippen molar-refractivity contribution in [2.45, 2.75) is 58.8 Å². The number of carbonyl (C=O) groups is 1. The molecule has 2 aromatic rings. The second kappa shape index (κ2) is 5.63. The van der Waals surface area contributed by atoms with Crippen LogP contribution in [0.4, 0.5) is 0 Å². The second-order valence-corrected chi connectivity index (χ2v) is 9.15. The number of nitrogens with zero attached hydrogens (tertiary/aromatic N) is 1. The van der Waals surface area contributed by atoms with Crippen LogP contribution in [0.25, 0.3) is 0 Å². The molecule has 1 unspecified atom stereocenters. The van der Waals surface area contributed by atoms with Crippen LogP contribution < -0.4 is 0 Å². The first kappa shape index (κ1) is 16.7. The van der Waals surface area contributed by atoms with Crippen molar-refractivity contribution in [2.24, 2.45) is 5.41 Å². The Morgan fingerprint density at radius 1 is 1.20 bits per heavy atom. The fourth-order valence-corrected chi connectivity index (χ4v) is 6.14. The van der Waals surface area contributed by atoms with Gasteiger partial charge in [0.2, 0.25) is 0 Å². The maximum absolute atomic E-state index is 13.4. The molecule has 1 heterocycles. The first-order valence-corrected chi connectivity index (χ1v) is 10.0. The van der Waals surface area contributed by atoms with Gasteiger partial charge in [-0.15, -0.1) is 11.3 Å². The van der Waals surface area contributed by atoms with Crippen LogP contribution in [0.2, 0.25) is 0 Å². The number of aromatic nitrogens is 1. The highest BCUT2D eigenvalue weighted by Crippen LogP contribution is 2.55. The first-order chi connectivity index (χ1) is 11.9. The van der Waals surface area contributed by atoms with Crippen molar-refractivity contribution >= 4 is 17.1 Å². The molecule has 0 fully saturated rings. The molecule has 1 aromatic heterocycles. The molecule has 3 heteroatoms. The molecule has 0 amide bonds. The number of allylic oxidation sites excluding steroid dienone is 2. The lowest BCUT2D eigenvalue weighted by atomic mass is 9.58. The number of Topliss-reactive ketones (excluding diaryl/α,β-unsaturated/α-hetero) is 1. The standard InChI is InChI=1S/C22H25NOS/c1-5-22(16-9-7-6-8-14(16)2)19-15(10-17-20(22)25-13-23-17)11-21(3,4)12-18(19)24/h6-9,13H,5,10-12H2,1-4H3. The Labute approximate surface area is 154 Å². The lowest BCUT2D eigenvalue weighted by molar-refractivity contribution is -0.118. The van der Waals surface area contributed by atoms with Gasteiger partial charge in [-0.05, 0) is 36.3 Å². The lowest BCUT2D eigenvalue weighted by Gasteiger charge is -2.45. The third kappa shape index (κ3) is 2.36. The number of fused-ring (bicyclic) bond motifs is 1. The predicted molar refractivity (Wildman–Crippen MR) is 103 cm³/mol. The average molecular weight is 352 g/mol. The number of ketones is 1. The Bertz CT molecular complexity index is 889. The van der Waals surface area contributed by atoms with Crippen molar-refractivity contribution in [3.63, 3.8) is 0 Å². The molecular weight excluding hydrogens is 326 g/mol. The van der Waals surface area contributed by atoms with E-state index in [0.29, 0.717) is 12.2 Å². The molecule has 0 saturated heterocycles. The van der Waals surface area contributed by atoms with E-state index in [-0.39, 0.29) is 10.8 Å². The van der Waals surface area contributed by atoms with Crippen LogP contribution in [0.5, 0.6) is 0 Å². The predicted octanol–water partition coefficient (Wildman–Crippen LogP) is 5.39. The van der Waals surface area contributed by atoms with Gasteiger partial charge in [0.25, 0.3) is 0 Å². The van der Waals surface area contributed by atoms with Crippen LogP contribution in [0, 0.1) is 12.3 Å². The summed E-state index contributed by atoms with van der Waals surface area (Å²) in [7, 11) is 0. The van der Waals surface area contributed by atoms with Crippen molar-refractivity contribution in [1.29, 1.82) is 0 Å². The minimum absolute atomic E-state index is 0.0503. The van der Waals surface area contributed by atoms with Gasteiger partial charge in [-0.3, -0.25) is 4.79 Å². The van der Waals surface area contributed by atoms with Crippen molar-refractivity contribution in [2.75, 3.05) is 0 Å². The summed E-state index contributed by atoms with van der Waals surface area (Å²) in [4.78, 5) is 19.3. The molecule has 0 aliphatic heterocycles. The minimum Gasteiger partial charge on any atom is -0.294 e. The summed E-state index contributed by atoms with van der Waals surface area (Å²) in [6.07, 6.45) is 3.39. The van der Waals surface area contributed by atoms with Crippen LogP contribution in [0.15, 0.2) is 40.9 Å². The Morgan fingerprint density at radius 2 is 1.96 bits per heavy atom. The summed E-state index contributed by atoms with van der Waals surface area (Å²) in [5, 5.41) is 0. The molecule has 4 rings (SSSR count). The molecule has 1 atom stereocenters. The molecule has 2 nitrogen and oxygen atoms in total. The van der Waals surface area contributed by atoms with Gasteiger partial charge in [-0.1, -0.05) is 50.6 Å². The number of benzene rings is 1. The normalized spacial score (nSPS) is 24.9. The van der Waals surface area contributed by atoms with E-state index in [9.17, 15) is 4.79 Å². The zero-order valence-electron chi connectivity index (χ0n) is 15.5. The van der Waals surface area contributed by atoms with E-state index in [1.807, 2.05) is 5.51 Å². The number of thiazole rings is 1. The highest BCUT2D eigenvalue weighted by atomic mass is 32.1. The highest BCUT2D eigenvalue weighted by molar-refractivity contribution is 7.10. The lowest BCUT2D eigenvalue weighted by Crippen LogP contribution is -2.42. The largest absolute Gasteiger partial charge is 0.294 e. The molecule has 0 bridgehead atoms. The fraction of sp³-hybridized carbons (Fsp3) is 0.455. The quantitative estimate of drug-likeness (QED) is 0.726. The highest BCUT2D eigenvalue weighted by Gasteiger charge is 2.50. The van der Waals surface area contributed by atoms with Crippen LogP contribution >= 0.6 is 11.3 Å². The van der Waals surface area contributed by atoms with Crippen molar-refractivity contribution in [1.82, 2.24) is 4.98 Å². The number of hydrogen-bond acceptors (Lipinski definition) is 3. The molecule has 2 aliphatic carbocycles. The summed E-state index contributed by atoms with van der Waals surface area (Å²) in [6, 6.07) is 8.57. The van der Waals surface area contributed by atoms with Gasteiger partial charge in [0.05, 0.1) is 16.6 Å². The Balaban J connectivity index is 2.06. The number of rotatable bonds is 2. The maximum Gasteiger partial charge on any atom is 0.160 e. The Hall–Kier alpha value is -1.74. The molecule has 25 heavy (non-hydrogen) atoms. The number of aryl methyl sites for hydroxylation is 1. The summed E-state index contributed by atoms with van der Waals surface area (Å²) < 4.78 is 0. The van der Waals surface area contributed by atoms with E-state index in [2.05, 4.69) is 52.0 Å². The second-order valence-electron chi connectivity index (χ2n) is 8.30. The van der Waals surface area contributed by atoms with E-state index in [4.69, 9.17) is 4.98 Å². The van der Waals surface area contributed by atoms with E-state index < -0.39 is 0 Å². The summed E-state index contributed by atoms with van der Waals surface area (Å²) in [5.41, 5.74) is 7.82. The molecule has 0 N–H and O–H groups in total. The first-order valence-electron chi connectivity index (χ1n) is 9.14. The van der Waals surface area contributed by atoms with Gasteiger partial charge in [0.1, 0.15) is 0 Å². The zero-order valence-corrected chi connectivity index (χ0v) is 16.3. The summed E-state index contributed by atoms with van der Waals surface area (Å²) in [5.74, 6) is 0.343. The molecular formula is C22H25NOS. The van der Waals surface area contributed by atoms with Crippen LogP contribution in [0.3, 0.4) is 0 Å². The van der Waals surface area contributed by atoms with Gasteiger partial charge in [-0.2, -0.15) is 0 Å². The Kier molecular flexibility index (Phi) is 3.77. The molecule has 0 radical (unpaired) electrons. The smallest absolute Gasteiger partial charge is 0.160 e. The third-order valence-corrected chi connectivity index (χ3v) is 6.97. The van der Waals surface area contributed by atoms with Crippen molar-refractivity contribution < 1.29 is 4.79 Å².